The zero-order valence-electron chi connectivity index (χ0n) is 12.2. The first-order valence-corrected chi connectivity index (χ1v) is 6.73. The third-order valence-corrected chi connectivity index (χ3v) is 3.23. The molecule has 3 rings (SSSR count). The number of hydrogen-bond acceptors (Lipinski definition) is 5. The summed E-state index contributed by atoms with van der Waals surface area (Å²) >= 11 is 0. The van der Waals surface area contributed by atoms with E-state index in [-0.39, 0.29) is 11.3 Å². The molecular weight excluding hydrogens is 284 g/mol. The van der Waals surface area contributed by atoms with Gasteiger partial charge in [0.25, 0.3) is 0 Å². The minimum absolute atomic E-state index is 0.105. The second-order valence-electron chi connectivity index (χ2n) is 5.32. The van der Waals surface area contributed by atoms with Crippen molar-refractivity contribution in [3.63, 3.8) is 0 Å². The summed E-state index contributed by atoms with van der Waals surface area (Å²) in [6, 6.07) is 8.97. The van der Waals surface area contributed by atoms with Crippen molar-refractivity contribution in [2.75, 3.05) is 0 Å². The molecule has 0 radical (unpaired) electrons. The monoisotopic (exact) mass is 298 g/mol. The Bertz CT molecular complexity index is 804. The van der Waals surface area contributed by atoms with Crippen molar-refractivity contribution in [1.82, 2.24) is 0 Å². The first kappa shape index (κ1) is 14.1. The molecule has 0 atom stereocenters. The number of benzene rings is 2. The molecule has 1 aliphatic heterocycles. The fraction of sp³-hybridized carbons (Fsp3) is 0.176. The standard InChI is InChI=1S/C17H14O5/c1-4-13(18)20-15-11-8-6-5-7-10(11)9-12-14(15)16(19)22-17(2,3)21-12/h4-9H,1H2,2-3H3. The Morgan fingerprint density at radius 3 is 2.73 bits per heavy atom. The predicted octanol–water partition coefficient (Wildman–Crippen LogP) is 3.22. The number of hydrogen-bond donors (Lipinski definition) is 0. The van der Waals surface area contributed by atoms with Crippen LogP contribution in [0.2, 0.25) is 0 Å². The van der Waals surface area contributed by atoms with Gasteiger partial charge in [-0.15, -0.1) is 0 Å². The summed E-state index contributed by atoms with van der Waals surface area (Å²) in [6.45, 7) is 6.64. The van der Waals surface area contributed by atoms with Crippen LogP contribution in [0.15, 0.2) is 43.0 Å². The molecule has 5 heteroatoms. The first-order valence-electron chi connectivity index (χ1n) is 6.73. The quantitative estimate of drug-likeness (QED) is 0.484. The predicted molar refractivity (Wildman–Crippen MR) is 79.9 cm³/mol. The summed E-state index contributed by atoms with van der Waals surface area (Å²) in [5.41, 5.74) is 0.105. The van der Waals surface area contributed by atoms with Crippen molar-refractivity contribution < 1.29 is 23.8 Å². The topological polar surface area (TPSA) is 61.8 Å². The fourth-order valence-corrected chi connectivity index (χ4v) is 2.37. The van der Waals surface area contributed by atoms with E-state index in [4.69, 9.17) is 14.2 Å². The van der Waals surface area contributed by atoms with E-state index >= 15 is 0 Å². The van der Waals surface area contributed by atoms with Crippen LogP contribution in [0.25, 0.3) is 10.8 Å². The molecular formula is C17H14O5. The molecule has 1 heterocycles. The SMILES string of the molecule is C=CC(=O)Oc1c2c(cc3ccccc13)OC(C)(C)OC2=O. The number of fused-ring (bicyclic) bond motifs is 2. The van der Waals surface area contributed by atoms with Gasteiger partial charge in [-0.1, -0.05) is 30.8 Å². The number of cyclic esters (lactones) is 1. The molecule has 0 spiro atoms. The van der Waals surface area contributed by atoms with Gasteiger partial charge >= 0.3 is 11.9 Å². The van der Waals surface area contributed by atoms with Crippen LogP contribution in [0.3, 0.4) is 0 Å². The maximum Gasteiger partial charge on any atom is 0.349 e. The van der Waals surface area contributed by atoms with E-state index in [1.165, 1.54) is 0 Å². The Morgan fingerprint density at radius 1 is 1.27 bits per heavy atom. The molecule has 0 fully saturated rings. The molecule has 0 unspecified atom stereocenters. The second kappa shape index (κ2) is 4.87. The third-order valence-electron chi connectivity index (χ3n) is 3.23. The van der Waals surface area contributed by atoms with Crippen LogP contribution in [0.5, 0.6) is 11.5 Å². The molecule has 0 saturated heterocycles. The first-order chi connectivity index (χ1) is 10.4. The molecule has 1 aliphatic rings. The van der Waals surface area contributed by atoms with Gasteiger partial charge in [0, 0.05) is 25.3 Å². The van der Waals surface area contributed by atoms with Gasteiger partial charge in [0.15, 0.2) is 5.75 Å². The third kappa shape index (κ3) is 2.30. The van der Waals surface area contributed by atoms with E-state index in [0.717, 1.165) is 11.5 Å². The lowest BCUT2D eigenvalue weighted by atomic mass is 10.0. The van der Waals surface area contributed by atoms with Crippen LogP contribution < -0.4 is 9.47 Å². The van der Waals surface area contributed by atoms with Gasteiger partial charge in [-0.05, 0) is 11.5 Å². The lowest BCUT2D eigenvalue weighted by Gasteiger charge is -2.32. The zero-order valence-corrected chi connectivity index (χ0v) is 12.2. The second-order valence-corrected chi connectivity index (χ2v) is 5.32. The van der Waals surface area contributed by atoms with E-state index in [2.05, 4.69) is 6.58 Å². The number of rotatable bonds is 2. The zero-order chi connectivity index (χ0) is 15.9. The molecule has 2 aromatic rings. The molecule has 0 amide bonds. The van der Waals surface area contributed by atoms with Crippen molar-refractivity contribution in [3.05, 3.63) is 48.6 Å². The molecule has 0 aromatic heterocycles. The highest BCUT2D eigenvalue weighted by Gasteiger charge is 2.37. The Morgan fingerprint density at radius 2 is 2.00 bits per heavy atom. The van der Waals surface area contributed by atoms with Crippen molar-refractivity contribution in [3.8, 4) is 11.5 Å². The van der Waals surface area contributed by atoms with Gasteiger partial charge in [0.05, 0.1) is 0 Å². The Labute approximate surface area is 127 Å². The van der Waals surface area contributed by atoms with Crippen molar-refractivity contribution >= 4 is 22.7 Å². The molecule has 2 aromatic carbocycles. The maximum absolute atomic E-state index is 12.3. The number of carbonyl (C=O) groups excluding carboxylic acids is 2. The minimum atomic E-state index is -1.08. The molecule has 5 nitrogen and oxygen atoms in total. The van der Waals surface area contributed by atoms with Crippen LogP contribution in [-0.4, -0.2) is 17.7 Å². The van der Waals surface area contributed by atoms with Gasteiger partial charge in [0.1, 0.15) is 11.3 Å². The van der Waals surface area contributed by atoms with Crippen LogP contribution in [0, 0.1) is 0 Å². The van der Waals surface area contributed by atoms with E-state index < -0.39 is 17.7 Å². The maximum atomic E-state index is 12.3. The molecule has 0 N–H and O–H groups in total. The molecule has 112 valence electrons. The van der Waals surface area contributed by atoms with Crippen LogP contribution in [-0.2, 0) is 9.53 Å². The average molecular weight is 298 g/mol. The summed E-state index contributed by atoms with van der Waals surface area (Å²) in [5, 5.41) is 1.41. The Kier molecular flexibility index (Phi) is 3.13. The van der Waals surface area contributed by atoms with Gasteiger partial charge in [-0.3, -0.25) is 0 Å². The summed E-state index contributed by atoms with van der Waals surface area (Å²) in [7, 11) is 0. The highest BCUT2D eigenvalue weighted by molar-refractivity contribution is 6.06. The smallest absolute Gasteiger partial charge is 0.349 e. The minimum Gasteiger partial charge on any atom is -0.452 e. The van der Waals surface area contributed by atoms with Gasteiger partial charge in [0.2, 0.25) is 5.79 Å². The normalized spacial score (nSPS) is 15.5. The number of ether oxygens (including phenoxy) is 3. The van der Waals surface area contributed by atoms with E-state index in [1.54, 1.807) is 32.0 Å². The highest BCUT2D eigenvalue weighted by Crippen LogP contribution is 2.42. The van der Waals surface area contributed by atoms with Crippen LogP contribution in [0.1, 0.15) is 24.2 Å². The van der Waals surface area contributed by atoms with Crippen molar-refractivity contribution in [1.29, 1.82) is 0 Å². The van der Waals surface area contributed by atoms with Gasteiger partial charge < -0.3 is 14.2 Å². The summed E-state index contributed by atoms with van der Waals surface area (Å²) in [4.78, 5) is 23.9. The fourth-order valence-electron chi connectivity index (χ4n) is 2.37. The van der Waals surface area contributed by atoms with Crippen molar-refractivity contribution in [2.45, 2.75) is 19.6 Å². The van der Waals surface area contributed by atoms with Gasteiger partial charge in [-0.25, -0.2) is 9.59 Å². The van der Waals surface area contributed by atoms with E-state index in [0.29, 0.717) is 11.1 Å². The van der Waals surface area contributed by atoms with E-state index in [9.17, 15) is 9.59 Å². The Balaban J connectivity index is 2.30. The lowest BCUT2D eigenvalue weighted by Crippen LogP contribution is -2.39. The summed E-state index contributed by atoms with van der Waals surface area (Å²) < 4.78 is 16.2. The Hall–Kier alpha value is -2.82. The molecule has 0 aliphatic carbocycles. The number of carbonyl (C=O) groups is 2. The van der Waals surface area contributed by atoms with Gasteiger partial charge in [-0.2, -0.15) is 0 Å². The molecule has 0 saturated carbocycles. The number of esters is 2. The van der Waals surface area contributed by atoms with E-state index in [1.807, 2.05) is 12.1 Å². The lowest BCUT2D eigenvalue weighted by molar-refractivity contribution is -0.130. The van der Waals surface area contributed by atoms with Crippen LogP contribution in [0.4, 0.5) is 0 Å². The molecule has 0 bridgehead atoms. The summed E-state index contributed by atoms with van der Waals surface area (Å²) in [6.07, 6.45) is 1.03. The van der Waals surface area contributed by atoms with Crippen molar-refractivity contribution in [2.24, 2.45) is 0 Å². The average Bonchev–Trinajstić information content (AvgIpc) is 2.45. The highest BCUT2D eigenvalue weighted by atomic mass is 16.7. The molecule has 22 heavy (non-hydrogen) atoms. The van der Waals surface area contributed by atoms with Crippen LogP contribution >= 0.6 is 0 Å². The largest absolute Gasteiger partial charge is 0.452 e. The summed E-state index contributed by atoms with van der Waals surface area (Å²) in [5.74, 6) is -1.88.